The molecule has 1 aliphatic heterocycles. The predicted octanol–water partition coefficient (Wildman–Crippen LogP) is 0.126. The Kier molecular flexibility index (Phi) is 2.87. The Morgan fingerprint density at radius 3 is 2.96 bits per heavy atom. The molecule has 0 bridgehead atoms. The van der Waals surface area contributed by atoms with Gasteiger partial charge in [-0.1, -0.05) is 0 Å². The zero-order chi connectivity index (χ0) is 17.0. The van der Waals surface area contributed by atoms with Crippen molar-refractivity contribution in [2.45, 2.75) is 6.04 Å². The minimum absolute atomic E-state index is 0.358. The average molecular weight is 336 g/mol. The van der Waals surface area contributed by atoms with Crippen molar-refractivity contribution in [1.29, 1.82) is 0 Å². The molecule has 0 spiro atoms. The van der Waals surface area contributed by atoms with E-state index in [1.165, 1.54) is 0 Å². The Bertz CT molecular complexity index is 1060. The molecule has 0 saturated carbocycles. The fraction of sp³-hybridized carbons (Fsp3) is 0.333. The summed E-state index contributed by atoms with van der Waals surface area (Å²) < 4.78 is 3.45. The van der Waals surface area contributed by atoms with E-state index in [0.29, 0.717) is 6.04 Å². The summed E-state index contributed by atoms with van der Waals surface area (Å²) in [6.45, 7) is 1.76. The summed E-state index contributed by atoms with van der Waals surface area (Å²) in [4.78, 5) is 13.2. The quantitative estimate of drug-likeness (QED) is 0.521. The van der Waals surface area contributed by atoms with Crippen LogP contribution in [0.3, 0.4) is 0 Å². The van der Waals surface area contributed by atoms with Crippen molar-refractivity contribution in [2.24, 2.45) is 7.05 Å². The van der Waals surface area contributed by atoms with Crippen LogP contribution >= 0.6 is 0 Å². The summed E-state index contributed by atoms with van der Waals surface area (Å²) in [6, 6.07) is 4.26. The van der Waals surface area contributed by atoms with Gasteiger partial charge in [-0.15, -0.1) is 15.3 Å². The van der Waals surface area contributed by atoms with Gasteiger partial charge in [0.25, 0.3) is 0 Å². The minimum atomic E-state index is 0.358. The van der Waals surface area contributed by atoms with Crippen molar-refractivity contribution < 1.29 is 0 Å². The van der Waals surface area contributed by atoms with E-state index in [0.717, 1.165) is 41.4 Å². The van der Waals surface area contributed by atoms with Crippen LogP contribution in [0, 0.1) is 0 Å². The number of fused-ring (bicyclic) bond motifs is 2. The van der Waals surface area contributed by atoms with Crippen LogP contribution < -0.4 is 9.80 Å². The Labute approximate surface area is 142 Å². The lowest BCUT2D eigenvalue weighted by Gasteiger charge is -2.45. The van der Waals surface area contributed by atoms with E-state index in [1.54, 1.807) is 21.9 Å². The van der Waals surface area contributed by atoms with Gasteiger partial charge in [-0.05, 0) is 12.1 Å². The van der Waals surface area contributed by atoms with Gasteiger partial charge in [0.1, 0.15) is 24.3 Å². The van der Waals surface area contributed by atoms with Gasteiger partial charge < -0.3 is 9.80 Å². The first-order chi connectivity index (χ1) is 12.2. The molecule has 25 heavy (non-hydrogen) atoms. The standard InChI is InChI=1S/C15H16N10/c1-22(14-11-5-19-23(2)15(11)17-8-16-14)10-6-24(7-10)13-4-3-12-20-18-9-25(12)21-13/h3-5,8-10H,6-7H2,1-2H3. The molecule has 10 heteroatoms. The number of rotatable bonds is 3. The van der Waals surface area contributed by atoms with Crippen LogP contribution in [0.4, 0.5) is 11.6 Å². The number of aromatic nitrogens is 8. The Morgan fingerprint density at radius 2 is 2.08 bits per heavy atom. The highest BCUT2D eigenvalue weighted by Crippen LogP contribution is 2.27. The van der Waals surface area contributed by atoms with Crippen molar-refractivity contribution in [3.05, 3.63) is 31.0 Å². The Balaban J connectivity index is 1.37. The third kappa shape index (κ3) is 2.10. The molecule has 1 aliphatic rings. The first-order valence-electron chi connectivity index (χ1n) is 7.98. The molecule has 1 saturated heterocycles. The number of aryl methyl sites for hydroxylation is 1. The lowest BCUT2D eigenvalue weighted by atomic mass is 10.1. The number of likely N-dealkylation sites (N-methyl/N-ethyl adjacent to an activating group) is 1. The lowest BCUT2D eigenvalue weighted by Crippen LogP contribution is -2.59. The summed E-state index contributed by atoms with van der Waals surface area (Å²) in [7, 11) is 3.95. The van der Waals surface area contributed by atoms with Crippen molar-refractivity contribution in [1.82, 2.24) is 39.6 Å². The number of hydrogen-bond donors (Lipinski definition) is 0. The highest BCUT2D eigenvalue weighted by molar-refractivity contribution is 5.86. The molecule has 10 nitrogen and oxygen atoms in total. The van der Waals surface area contributed by atoms with Gasteiger partial charge in [0.15, 0.2) is 11.3 Å². The van der Waals surface area contributed by atoms with Crippen molar-refractivity contribution in [2.75, 3.05) is 29.9 Å². The summed E-state index contributed by atoms with van der Waals surface area (Å²) in [5.74, 6) is 1.83. The lowest BCUT2D eigenvalue weighted by molar-refractivity contribution is 0.488. The second-order valence-corrected chi connectivity index (χ2v) is 6.20. The van der Waals surface area contributed by atoms with Crippen LogP contribution in [0.5, 0.6) is 0 Å². The number of nitrogens with zero attached hydrogens (tertiary/aromatic N) is 10. The maximum Gasteiger partial charge on any atom is 0.177 e. The molecule has 4 aromatic rings. The summed E-state index contributed by atoms with van der Waals surface area (Å²) >= 11 is 0. The molecular formula is C15H16N10. The molecule has 1 fully saturated rings. The first-order valence-corrected chi connectivity index (χ1v) is 7.98. The normalized spacial score (nSPS) is 15.0. The summed E-state index contributed by atoms with van der Waals surface area (Å²) in [6.07, 6.45) is 5.02. The molecule has 0 radical (unpaired) electrons. The van der Waals surface area contributed by atoms with Crippen LogP contribution in [-0.2, 0) is 7.05 Å². The van der Waals surface area contributed by atoms with Gasteiger partial charge in [-0.2, -0.15) is 9.61 Å². The molecule has 5 heterocycles. The topological polar surface area (TPSA) is 93.2 Å². The highest BCUT2D eigenvalue weighted by Gasteiger charge is 2.32. The monoisotopic (exact) mass is 336 g/mol. The van der Waals surface area contributed by atoms with Crippen molar-refractivity contribution in [3.8, 4) is 0 Å². The van der Waals surface area contributed by atoms with Crippen LogP contribution in [0.2, 0.25) is 0 Å². The molecule has 0 N–H and O–H groups in total. The second-order valence-electron chi connectivity index (χ2n) is 6.20. The van der Waals surface area contributed by atoms with E-state index in [1.807, 2.05) is 25.4 Å². The zero-order valence-electron chi connectivity index (χ0n) is 13.9. The second kappa shape index (κ2) is 5.10. The molecule has 5 rings (SSSR count). The van der Waals surface area contributed by atoms with Gasteiger partial charge >= 0.3 is 0 Å². The van der Waals surface area contributed by atoms with E-state index in [-0.39, 0.29) is 0 Å². The number of anilines is 2. The third-order valence-corrected chi connectivity index (χ3v) is 4.72. The Hall–Kier alpha value is -3.30. The molecule has 0 unspecified atom stereocenters. The molecule has 126 valence electrons. The molecule has 0 atom stereocenters. The van der Waals surface area contributed by atoms with Gasteiger partial charge in [0.2, 0.25) is 0 Å². The van der Waals surface area contributed by atoms with Gasteiger partial charge in [-0.25, -0.2) is 9.97 Å². The fourth-order valence-electron chi connectivity index (χ4n) is 3.18. The molecule has 4 aromatic heterocycles. The molecule has 0 amide bonds. The maximum absolute atomic E-state index is 4.54. The average Bonchev–Trinajstić information content (AvgIpc) is 3.20. The van der Waals surface area contributed by atoms with Crippen LogP contribution in [0.25, 0.3) is 16.7 Å². The smallest absolute Gasteiger partial charge is 0.177 e. The van der Waals surface area contributed by atoms with Gasteiger partial charge in [-0.3, -0.25) is 4.68 Å². The van der Waals surface area contributed by atoms with Crippen LogP contribution in [-0.4, -0.2) is 65.7 Å². The molecule has 0 aromatic carbocycles. The fourth-order valence-corrected chi connectivity index (χ4v) is 3.18. The van der Waals surface area contributed by atoms with Crippen molar-refractivity contribution in [3.63, 3.8) is 0 Å². The SMILES string of the molecule is CN(c1ncnc2c1cnn2C)C1CN(c2ccc3nncn3n2)C1. The van der Waals surface area contributed by atoms with E-state index >= 15 is 0 Å². The molecule has 0 aliphatic carbocycles. The zero-order valence-corrected chi connectivity index (χ0v) is 13.9. The van der Waals surface area contributed by atoms with E-state index < -0.39 is 0 Å². The summed E-state index contributed by atoms with van der Waals surface area (Å²) in [5.41, 5.74) is 1.59. The number of hydrogen-bond acceptors (Lipinski definition) is 8. The van der Waals surface area contributed by atoms with E-state index in [2.05, 4.69) is 47.2 Å². The maximum atomic E-state index is 4.54. The summed E-state index contributed by atoms with van der Waals surface area (Å²) in [5, 5.41) is 17.6. The van der Waals surface area contributed by atoms with Gasteiger partial charge in [0.05, 0.1) is 17.6 Å². The van der Waals surface area contributed by atoms with Gasteiger partial charge in [0, 0.05) is 27.2 Å². The predicted molar refractivity (Wildman–Crippen MR) is 91.5 cm³/mol. The van der Waals surface area contributed by atoms with E-state index in [9.17, 15) is 0 Å². The van der Waals surface area contributed by atoms with Crippen LogP contribution in [0.1, 0.15) is 0 Å². The molecular weight excluding hydrogens is 320 g/mol. The highest BCUT2D eigenvalue weighted by atomic mass is 15.4. The third-order valence-electron chi connectivity index (χ3n) is 4.72. The van der Waals surface area contributed by atoms with Crippen LogP contribution in [0.15, 0.2) is 31.0 Å². The van der Waals surface area contributed by atoms with E-state index in [4.69, 9.17) is 0 Å². The van der Waals surface area contributed by atoms with Crippen molar-refractivity contribution >= 4 is 28.3 Å². The first kappa shape index (κ1) is 14.1. The Morgan fingerprint density at radius 1 is 1.20 bits per heavy atom. The minimum Gasteiger partial charge on any atom is -0.352 e. The largest absolute Gasteiger partial charge is 0.352 e.